The topological polar surface area (TPSA) is 68.2 Å². The number of aromatic nitrogens is 1. The van der Waals surface area contributed by atoms with Crippen LogP contribution in [0.15, 0.2) is 66.1 Å². The van der Waals surface area contributed by atoms with Crippen molar-refractivity contribution >= 4 is 33.5 Å². The van der Waals surface area contributed by atoms with Crippen LogP contribution in [0.1, 0.15) is 32.9 Å². The Labute approximate surface area is 175 Å². The molecule has 0 amide bonds. The maximum absolute atomic E-state index is 12.9. The molecule has 5 nitrogen and oxygen atoms in total. The summed E-state index contributed by atoms with van der Waals surface area (Å²) < 4.78 is 28.8. The summed E-state index contributed by atoms with van der Waals surface area (Å²) in [4.78, 5) is 12.9. The number of carbonyl (C=O) groups excluding carboxylic acids is 1. The van der Waals surface area contributed by atoms with Crippen LogP contribution in [0, 0.1) is 6.92 Å². The Bertz CT molecular complexity index is 1150. The van der Waals surface area contributed by atoms with Crippen LogP contribution in [0.25, 0.3) is 6.08 Å². The molecule has 1 heterocycles. The molecule has 0 atom stereocenters. The van der Waals surface area contributed by atoms with Crippen LogP contribution in [-0.2, 0) is 23.6 Å². The average molecular weight is 429 g/mol. The Kier molecular flexibility index (Phi) is 6.37. The summed E-state index contributed by atoms with van der Waals surface area (Å²) in [6, 6.07) is 17.7. The van der Waals surface area contributed by atoms with Crippen LogP contribution >= 0.6 is 11.6 Å². The van der Waals surface area contributed by atoms with E-state index in [1.165, 1.54) is 6.08 Å². The Hall–Kier alpha value is -2.67. The minimum absolute atomic E-state index is 0.0761. The third-order valence-electron chi connectivity index (χ3n) is 4.54. The lowest BCUT2D eigenvalue weighted by Gasteiger charge is -2.09. The Morgan fingerprint density at radius 2 is 1.76 bits per heavy atom. The normalized spacial score (nSPS) is 11.8. The molecular formula is C22H21ClN2O3S. The number of sulfonamides is 1. The fourth-order valence-electron chi connectivity index (χ4n) is 3.02. The molecular weight excluding hydrogens is 408 g/mol. The predicted molar refractivity (Wildman–Crippen MR) is 116 cm³/mol. The first-order chi connectivity index (χ1) is 13.8. The number of rotatable bonds is 7. The number of nitrogens with one attached hydrogen (secondary N) is 1. The van der Waals surface area contributed by atoms with Crippen molar-refractivity contribution < 1.29 is 13.2 Å². The quantitative estimate of drug-likeness (QED) is 0.570. The molecule has 0 unspecified atom stereocenters. The molecule has 0 fully saturated rings. The summed E-state index contributed by atoms with van der Waals surface area (Å²) in [6.45, 7) is 1.91. The summed E-state index contributed by atoms with van der Waals surface area (Å²) >= 11 is 5.89. The van der Waals surface area contributed by atoms with Crippen molar-refractivity contribution in [2.45, 2.75) is 13.5 Å². The highest BCUT2D eigenvalue weighted by molar-refractivity contribution is 7.92. The van der Waals surface area contributed by atoms with Crippen LogP contribution < -0.4 is 4.72 Å². The van der Waals surface area contributed by atoms with Crippen LogP contribution in [0.5, 0.6) is 0 Å². The third-order valence-corrected chi connectivity index (χ3v) is 5.83. The molecule has 2 aromatic carbocycles. The van der Waals surface area contributed by atoms with Gasteiger partial charge in [0, 0.05) is 28.7 Å². The van der Waals surface area contributed by atoms with Crippen molar-refractivity contribution in [1.29, 1.82) is 0 Å². The molecule has 0 saturated carbocycles. The predicted octanol–water partition coefficient (Wildman–Crippen LogP) is 4.31. The van der Waals surface area contributed by atoms with Crippen molar-refractivity contribution in [3.63, 3.8) is 0 Å². The van der Waals surface area contributed by atoms with Gasteiger partial charge in [-0.3, -0.25) is 4.79 Å². The molecule has 3 aromatic rings. The molecule has 1 N–H and O–H groups in total. The molecule has 0 bridgehead atoms. The SMILES string of the molecule is Cc1cc(CNS(=O)(=O)C=Cc2ccccc2)n(C)c1C(=O)c1ccc(Cl)cc1. The van der Waals surface area contributed by atoms with Gasteiger partial charge < -0.3 is 4.57 Å². The van der Waals surface area contributed by atoms with Crippen LogP contribution in [0.3, 0.4) is 0 Å². The molecule has 0 spiro atoms. The summed E-state index contributed by atoms with van der Waals surface area (Å²) in [7, 11) is -1.87. The van der Waals surface area contributed by atoms with Crippen LogP contribution in [0.4, 0.5) is 0 Å². The largest absolute Gasteiger partial charge is 0.343 e. The van der Waals surface area contributed by atoms with Gasteiger partial charge in [0.15, 0.2) is 0 Å². The average Bonchev–Trinajstić information content (AvgIpc) is 2.99. The Morgan fingerprint density at radius 1 is 1.10 bits per heavy atom. The summed E-state index contributed by atoms with van der Waals surface area (Å²) in [5.41, 5.74) is 3.30. The van der Waals surface area contributed by atoms with Crippen LogP contribution in [0.2, 0.25) is 5.02 Å². The van der Waals surface area contributed by atoms with E-state index in [9.17, 15) is 13.2 Å². The number of hydrogen-bond acceptors (Lipinski definition) is 3. The van der Waals surface area contributed by atoms with Crippen LogP contribution in [-0.4, -0.2) is 18.8 Å². The van der Waals surface area contributed by atoms with Crippen molar-refractivity contribution in [3.05, 3.63) is 99.2 Å². The molecule has 29 heavy (non-hydrogen) atoms. The van der Waals surface area contributed by atoms with Gasteiger partial charge in [-0.15, -0.1) is 0 Å². The first-order valence-electron chi connectivity index (χ1n) is 8.95. The maximum Gasteiger partial charge on any atom is 0.234 e. The number of benzene rings is 2. The van der Waals surface area contributed by atoms with Crippen molar-refractivity contribution in [2.75, 3.05) is 0 Å². The van der Waals surface area contributed by atoms with E-state index in [2.05, 4.69) is 4.72 Å². The number of hydrogen-bond donors (Lipinski definition) is 1. The fourth-order valence-corrected chi connectivity index (χ4v) is 3.92. The highest BCUT2D eigenvalue weighted by Gasteiger charge is 2.19. The maximum atomic E-state index is 12.9. The standard InChI is InChI=1S/C22H21ClN2O3S/c1-16-14-20(15-24-29(27,28)13-12-17-6-4-3-5-7-17)25(2)21(16)22(26)18-8-10-19(23)11-9-18/h3-14,24H,15H2,1-2H3. The van der Waals surface area contributed by atoms with Gasteiger partial charge in [0.1, 0.15) is 0 Å². The minimum atomic E-state index is -3.62. The van der Waals surface area contributed by atoms with E-state index in [4.69, 9.17) is 11.6 Å². The lowest BCUT2D eigenvalue weighted by atomic mass is 10.1. The molecule has 0 aliphatic heterocycles. The lowest BCUT2D eigenvalue weighted by Crippen LogP contribution is -2.22. The van der Waals surface area contributed by atoms with Crippen molar-refractivity contribution in [1.82, 2.24) is 9.29 Å². The second-order valence-electron chi connectivity index (χ2n) is 6.64. The molecule has 1 aromatic heterocycles. The summed E-state index contributed by atoms with van der Waals surface area (Å²) in [6.07, 6.45) is 1.54. The second kappa shape index (κ2) is 8.78. The van der Waals surface area contributed by atoms with Gasteiger partial charge in [-0.05, 0) is 54.5 Å². The molecule has 0 radical (unpaired) electrons. The van der Waals surface area contributed by atoms with E-state index in [1.807, 2.05) is 43.3 Å². The Morgan fingerprint density at radius 3 is 2.41 bits per heavy atom. The highest BCUT2D eigenvalue weighted by Crippen LogP contribution is 2.20. The smallest absolute Gasteiger partial charge is 0.234 e. The van der Waals surface area contributed by atoms with Gasteiger partial charge in [0.2, 0.25) is 15.8 Å². The fraction of sp³-hybridized carbons (Fsp3) is 0.136. The van der Waals surface area contributed by atoms with E-state index < -0.39 is 10.0 Å². The zero-order valence-corrected chi connectivity index (χ0v) is 17.7. The van der Waals surface area contributed by atoms with Crippen molar-refractivity contribution in [3.8, 4) is 0 Å². The van der Waals surface area contributed by atoms with E-state index >= 15 is 0 Å². The summed E-state index contributed by atoms with van der Waals surface area (Å²) in [5, 5.41) is 1.70. The van der Waals surface area contributed by atoms with Gasteiger partial charge in [0.05, 0.1) is 12.2 Å². The molecule has 3 rings (SSSR count). The second-order valence-corrected chi connectivity index (χ2v) is 8.73. The molecule has 150 valence electrons. The zero-order chi connectivity index (χ0) is 21.0. The van der Waals surface area contributed by atoms with Gasteiger partial charge in [0.25, 0.3) is 0 Å². The highest BCUT2D eigenvalue weighted by atomic mass is 35.5. The third kappa shape index (κ3) is 5.23. The molecule has 0 saturated heterocycles. The van der Waals surface area contributed by atoms with Crippen molar-refractivity contribution in [2.24, 2.45) is 7.05 Å². The van der Waals surface area contributed by atoms with E-state index in [1.54, 1.807) is 35.9 Å². The van der Waals surface area contributed by atoms with E-state index in [-0.39, 0.29) is 12.3 Å². The van der Waals surface area contributed by atoms with E-state index in [0.717, 1.165) is 16.5 Å². The zero-order valence-electron chi connectivity index (χ0n) is 16.1. The minimum Gasteiger partial charge on any atom is -0.343 e. The van der Waals surface area contributed by atoms with Gasteiger partial charge in [-0.1, -0.05) is 41.9 Å². The molecule has 7 heteroatoms. The first-order valence-corrected chi connectivity index (χ1v) is 10.9. The number of nitrogens with zero attached hydrogens (tertiary/aromatic N) is 1. The number of carbonyl (C=O) groups is 1. The van der Waals surface area contributed by atoms with Gasteiger partial charge >= 0.3 is 0 Å². The summed E-state index contributed by atoms with van der Waals surface area (Å²) in [5.74, 6) is -0.139. The number of ketones is 1. The molecule has 0 aliphatic carbocycles. The molecule has 0 aliphatic rings. The van der Waals surface area contributed by atoms with E-state index in [0.29, 0.717) is 22.0 Å². The van der Waals surface area contributed by atoms with Gasteiger partial charge in [-0.2, -0.15) is 0 Å². The number of halogens is 1. The van der Waals surface area contributed by atoms with Gasteiger partial charge in [-0.25, -0.2) is 13.1 Å². The first kappa shape index (κ1) is 21.0. The number of aryl methyl sites for hydroxylation is 1. The Balaban J connectivity index is 1.75. The lowest BCUT2D eigenvalue weighted by molar-refractivity contribution is 0.103. The monoisotopic (exact) mass is 428 g/mol.